The topological polar surface area (TPSA) is 12.0 Å². The molecule has 0 unspecified atom stereocenters. The van der Waals surface area contributed by atoms with Gasteiger partial charge in [-0.1, -0.05) is 62.4 Å². The van der Waals surface area contributed by atoms with Crippen molar-refractivity contribution < 1.29 is 0 Å². The molecule has 0 heterocycles. The van der Waals surface area contributed by atoms with Gasteiger partial charge in [0.05, 0.1) is 0 Å². The van der Waals surface area contributed by atoms with Gasteiger partial charge in [0.25, 0.3) is 0 Å². The van der Waals surface area contributed by atoms with Gasteiger partial charge in [-0.25, -0.2) is 0 Å². The highest BCUT2D eigenvalue weighted by Gasteiger charge is 2.03. The minimum absolute atomic E-state index is 0.625. The third-order valence-corrected chi connectivity index (χ3v) is 3.61. The summed E-state index contributed by atoms with van der Waals surface area (Å²) < 4.78 is 0. The van der Waals surface area contributed by atoms with E-state index in [4.69, 9.17) is 0 Å². The Morgan fingerprint density at radius 3 is 2.21 bits per heavy atom. The largest absolute Gasteiger partial charge is 0.310 e. The molecule has 1 heteroatoms. The van der Waals surface area contributed by atoms with Crippen LogP contribution in [0.5, 0.6) is 0 Å². The fourth-order valence-electron chi connectivity index (χ4n) is 2.33. The highest BCUT2D eigenvalue weighted by molar-refractivity contribution is 5.63. The van der Waals surface area contributed by atoms with Gasteiger partial charge in [0.15, 0.2) is 0 Å². The Morgan fingerprint density at radius 1 is 0.842 bits per heavy atom. The normalized spacial score (nSPS) is 10.9. The molecule has 0 aliphatic rings. The fraction of sp³-hybridized carbons (Fsp3) is 0.333. The van der Waals surface area contributed by atoms with Gasteiger partial charge in [-0.15, -0.1) is 0 Å². The number of hydrogen-bond donors (Lipinski definition) is 1. The molecule has 0 atom stereocenters. The van der Waals surface area contributed by atoms with Crippen molar-refractivity contribution in [3.8, 4) is 11.1 Å². The molecule has 1 N–H and O–H groups in total. The molecule has 2 rings (SSSR count). The summed E-state index contributed by atoms with van der Waals surface area (Å²) in [5.41, 5.74) is 3.93. The van der Waals surface area contributed by atoms with Crippen molar-refractivity contribution in [2.45, 2.75) is 39.3 Å². The van der Waals surface area contributed by atoms with E-state index in [0.717, 1.165) is 6.54 Å². The average Bonchev–Trinajstić information content (AvgIpc) is 2.49. The second-order valence-electron chi connectivity index (χ2n) is 4.96. The fourth-order valence-corrected chi connectivity index (χ4v) is 2.33. The first-order chi connectivity index (χ1) is 9.33. The SMILES string of the molecule is CCC(CC)NCc1cccc(-c2ccccc2)c1. The van der Waals surface area contributed by atoms with Gasteiger partial charge in [0.1, 0.15) is 0 Å². The molecule has 2 aromatic rings. The van der Waals surface area contributed by atoms with E-state index >= 15 is 0 Å². The van der Waals surface area contributed by atoms with Crippen molar-refractivity contribution in [1.82, 2.24) is 5.32 Å². The van der Waals surface area contributed by atoms with Crippen molar-refractivity contribution in [3.05, 3.63) is 60.2 Å². The van der Waals surface area contributed by atoms with Crippen LogP contribution in [0.2, 0.25) is 0 Å². The lowest BCUT2D eigenvalue weighted by Gasteiger charge is -2.15. The van der Waals surface area contributed by atoms with Crippen LogP contribution in [0.4, 0.5) is 0 Å². The first-order valence-electron chi connectivity index (χ1n) is 7.21. The van der Waals surface area contributed by atoms with Gasteiger partial charge < -0.3 is 5.32 Å². The highest BCUT2D eigenvalue weighted by atomic mass is 14.9. The summed E-state index contributed by atoms with van der Waals surface area (Å²) >= 11 is 0. The van der Waals surface area contributed by atoms with Gasteiger partial charge in [0, 0.05) is 12.6 Å². The highest BCUT2D eigenvalue weighted by Crippen LogP contribution is 2.20. The molecule has 19 heavy (non-hydrogen) atoms. The summed E-state index contributed by atoms with van der Waals surface area (Å²) in [5.74, 6) is 0. The summed E-state index contributed by atoms with van der Waals surface area (Å²) in [6.07, 6.45) is 2.38. The number of nitrogens with one attached hydrogen (secondary N) is 1. The Labute approximate surface area is 116 Å². The van der Waals surface area contributed by atoms with Crippen molar-refractivity contribution in [2.24, 2.45) is 0 Å². The Kier molecular flexibility index (Phi) is 5.17. The molecule has 1 nitrogen and oxygen atoms in total. The van der Waals surface area contributed by atoms with E-state index in [-0.39, 0.29) is 0 Å². The lowest BCUT2D eigenvalue weighted by Crippen LogP contribution is -2.26. The maximum Gasteiger partial charge on any atom is 0.0208 e. The molecule has 0 aromatic heterocycles. The number of hydrogen-bond acceptors (Lipinski definition) is 1. The summed E-state index contributed by atoms with van der Waals surface area (Å²) in [6, 6.07) is 20.0. The molecule has 0 amide bonds. The summed E-state index contributed by atoms with van der Waals surface area (Å²) in [4.78, 5) is 0. The minimum atomic E-state index is 0.625. The first kappa shape index (κ1) is 13.8. The van der Waals surface area contributed by atoms with Crippen LogP contribution < -0.4 is 5.32 Å². The quantitative estimate of drug-likeness (QED) is 0.791. The molecule has 100 valence electrons. The number of benzene rings is 2. The molecule has 0 saturated carbocycles. The molecular weight excluding hydrogens is 230 g/mol. The van der Waals surface area contributed by atoms with Crippen LogP contribution in [-0.2, 0) is 6.54 Å². The van der Waals surface area contributed by atoms with Crippen LogP contribution in [0.15, 0.2) is 54.6 Å². The minimum Gasteiger partial charge on any atom is -0.310 e. The standard InChI is InChI=1S/C18H23N/c1-3-18(4-2)19-14-15-9-8-12-17(13-15)16-10-6-5-7-11-16/h5-13,18-19H,3-4,14H2,1-2H3. The summed E-state index contributed by atoms with van der Waals surface area (Å²) in [6.45, 7) is 5.43. The Balaban J connectivity index is 2.07. The molecule has 0 fully saturated rings. The molecule has 0 aliphatic heterocycles. The van der Waals surface area contributed by atoms with Crippen LogP contribution in [0.3, 0.4) is 0 Å². The van der Waals surface area contributed by atoms with Crippen LogP contribution in [0.1, 0.15) is 32.3 Å². The second kappa shape index (κ2) is 7.10. The molecule has 0 saturated heterocycles. The van der Waals surface area contributed by atoms with Crippen LogP contribution >= 0.6 is 0 Å². The molecule has 0 bridgehead atoms. The van der Waals surface area contributed by atoms with Crippen molar-refractivity contribution in [2.75, 3.05) is 0 Å². The van der Waals surface area contributed by atoms with Crippen LogP contribution in [0, 0.1) is 0 Å². The van der Waals surface area contributed by atoms with E-state index in [1.165, 1.54) is 29.5 Å². The monoisotopic (exact) mass is 253 g/mol. The molecular formula is C18H23N. The molecule has 0 spiro atoms. The average molecular weight is 253 g/mol. The van der Waals surface area contributed by atoms with Crippen LogP contribution in [-0.4, -0.2) is 6.04 Å². The maximum absolute atomic E-state index is 3.61. The lowest BCUT2D eigenvalue weighted by atomic mass is 10.0. The Morgan fingerprint density at radius 2 is 1.53 bits per heavy atom. The Hall–Kier alpha value is -1.60. The predicted molar refractivity (Wildman–Crippen MR) is 83.1 cm³/mol. The summed E-state index contributed by atoms with van der Waals surface area (Å²) in [5, 5.41) is 3.61. The van der Waals surface area contributed by atoms with E-state index in [9.17, 15) is 0 Å². The van der Waals surface area contributed by atoms with Gasteiger partial charge >= 0.3 is 0 Å². The van der Waals surface area contributed by atoms with Gasteiger partial charge in [-0.05, 0) is 35.6 Å². The zero-order valence-corrected chi connectivity index (χ0v) is 11.9. The van der Waals surface area contributed by atoms with Gasteiger partial charge in [-0.3, -0.25) is 0 Å². The molecule has 2 aromatic carbocycles. The van der Waals surface area contributed by atoms with E-state index in [0.29, 0.717) is 6.04 Å². The third-order valence-electron chi connectivity index (χ3n) is 3.61. The van der Waals surface area contributed by atoms with Crippen LogP contribution in [0.25, 0.3) is 11.1 Å². The molecule has 0 radical (unpaired) electrons. The second-order valence-corrected chi connectivity index (χ2v) is 4.96. The van der Waals surface area contributed by atoms with E-state index < -0.39 is 0 Å². The third kappa shape index (κ3) is 3.93. The Bertz CT molecular complexity index is 486. The van der Waals surface area contributed by atoms with Crippen molar-refractivity contribution in [3.63, 3.8) is 0 Å². The van der Waals surface area contributed by atoms with Gasteiger partial charge in [0.2, 0.25) is 0 Å². The van der Waals surface area contributed by atoms with E-state index in [2.05, 4.69) is 73.8 Å². The zero-order valence-electron chi connectivity index (χ0n) is 11.9. The predicted octanol–water partition coefficient (Wildman–Crippen LogP) is 4.63. The zero-order chi connectivity index (χ0) is 13.5. The van der Waals surface area contributed by atoms with Crippen molar-refractivity contribution in [1.29, 1.82) is 0 Å². The number of rotatable bonds is 6. The smallest absolute Gasteiger partial charge is 0.0208 e. The van der Waals surface area contributed by atoms with Crippen molar-refractivity contribution >= 4 is 0 Å². The van der Waals surface area contributed by atoms with Gasteiger partial charge in [-0.2, -0.15) is 0 Å². The van der Waals surface area contributed by atoms with E-state index in [1.54, 1.807) is 0 Å². The molecule has 0 aliphatic carbocycles. The van der Waals surface area contributed by atoms with E-state index in [1.807, 2.05) is 0 Å². The maximum atomic E-state index is 3.61. The summed E-state index contributed by atoms with van der Waals surface area (Å²) in [7, 11) is 0. The lowest BCUT2D eigenvalue weighted by molar-refractivity contribution is 0.484. The first-order valence-corrected chi connectivity index (χ1v) is 7.21.